The van der Waals surface area contributed by atoms with E-state index in [-0.39, 0.29) is 24.8 Å². The summed E-state index contributed by atoms with van der Waals surface area (Å²) in [7, 11) is 1.50. The Morgan fingerprint density at radius 3 is 2.27 bits per heavy atom. The number of methoxy groups -OCH3 is 1. The second-order valence-corrected chi connectivity index (χ2v) is 7.46. The molecule has 0 unspecified atom stereocenters. The highest BCUT2D eigenvalue weighted by atomic mass is 16.6. The molecule has 160 valence electrons. The third-order valence-electron chi connectivity index (χ3n) is 3.78. The van der Waals surface area contributed by atoms with Gasteiger partial charge in [-0.1, -0.05) is 18.2 Å². The van der Waals surface area contributed by atoms with Gasteiger partial charge in [-0.05, 0) is 51.1 Å². The molecular formula is C22H27N3O5. The highest BCUT2D eigenvalue weighted by Gasteiger charge is 2.16. The highest BCUT2D eigenvalue weighted by molar-refractivity contribution is 6.06. The minimum atomic E-state index is -0.596. The third-order valence-corrected chi connectivity index (χ3v) is 3.78. The van der Waals surface area contributed by atoms with Crippen molar-refractivity contribution in [1.82, 2.24) is 5.32 Å². The van der Waals surface area contributed by atoms with Crippen LogP contribution in [0, 0.1) is 0 Å². The zero-order valence-electron chi connectivity index (χ0n) is 17.6. The predicted molar refractivity (Wildman–Crippen MR) is 115 cm³/mol. The fourth-order valence-electron chi connectivity index (χ4n) is 2.52. The van der Waals surface area contributed by atoms with Crippen molar-refractivity contribution in [2.45, 2.75) is 32.8 Å². The molecule has 8 heteroatoms. The largest absolute Gasteiger partial charge is 0.496 e. The molecule has 2 aromatic rings. The van der Waals surface area contributed by atoms with Crippen LogP contribution in [0.15, 0.2) is 48.5 Å². The van der Waals surface area contributed by atoms with Crippen LogP contribution >= 0.6 is 0 Å². The monoisotopic (exact) mass is 413 g/mol. The molecule has 3 N–H and O–H groups in total. The molecule has 0 saturated heterocycles. The van der Waals surface area contributed by atoms with Crippen LogP contribution < -0.4 is 20.7 Å². The lowest BCUT2D eigenvalue weighted by Gasteiger charge is -2.19. The molecule has 3 amide bonds. The van der Waals surface area contributed by atoms with Gasteiger partial charge in [-0.15, -0.1) is 0 Å². The Kier molecular flexibility index (Phi) is 7.80. The summed E-state index contributed by atoms with van der Waals surface area (Å²) in [5, 5.41) is 8.05. The van der Waals surface area contributed by atoms with Gasteiger partial charge in [0.15, 0.2) is 0 Å². The molecular weight excluding hydrogens is 386 g/mol. The van der Waals surface area contributed by atoms with Crippen molar-refractivity contribution in [3.63, 3.8) is 0 Å². The topological polar surface area (TPSA) is 106 Å². The number of benzene rings is 2. The Balaban J connectivity index is 1.88. The molecule has 0 fully saturated rings. The zero-order valence-corrected chi connectivity index (χ0v) is 17.6. The Morgan fingerprint density at radius 1 is 0.933 bits per heavy atom. The molecule has 30 heavy (non-hydrogen) atoms. The summed E-state index contributed by atoms with van der Waals surface area (Å²) in [4.78, 5) is 36.2. The Morgan fingerprint density at radius 2 is 1.60 bits per heavy atom. The van der Waals surface area contributed by atoms with Crippen molar-refractivity contribution in [2.75, 3.05) is 24.3 Å². The molecule has 0 bridgehead atoms. The molecule has 2 rings (SSSR count). The predicted octanol–water partition coefficient (Wildman–Crippen LogP) is 3.80. The van der Waals surface area contributed by atoms with Crippen molar-refractivity contribution in [3.05, 3.63) is 54.1 Å². The standard InChI is InChI=1S/C22H27N3O5/c1-22(2,3)30-21(28)23-13-12-19(26)24-15-8-7-9-16(14-15)25-20(27)17-10-5-6-11-18(17)29-4/h5-11,14H,12-13H2,1-4H3,(H,23,28)(H,24,26)(H,25,27). The van der Waals surface area contributed by atoms with Gasteiger partial charge < -0.3 is 25.4 Å². The van der Waals surface area contributed by atoms with Gasteiger partial charge in [-0.25, -0.2) is 4.79 Å². The van der Waals surface area contributed by atoms with Crippen molar-refractivity contribution in [1.29, 1.82) is 0 Å². The summed E-state index contributed by atoms with van der Waals surface area (Å²) in [5.41, 5.74) is 0.856. The molecule has 0 aliphatic rings. The fraction of sp³-hybridized carbons (Fsp3) is 0.318. The van der Waals surface area contributed by atoms with E-state index in [0.29, 0.717) is 22.7 Å². The van der Waals surface area contributed by atoms with Crippen LogP contribution in [0.3, 0.4) is 0 Å². The summed E-state index contributed by atoms with van der Waals surface area (Å²) < 4.78 is 10.3. The van der Waals surface area contributed by atoms with Crippen molar-refractivity contribution < 1.29 is 23.9 Å². The Hall–Kier alpha value is -3.55. The van der Waals surface area contributed by atoms with Gasteiger partial charge in [-0.3, -0.25) is 9.59 Å². The number of carbonyl (C=O) groups excluding carboxylic acids is 3. The molecule has 2 aromatic carbocycles. The molecule has 0 aromatic heterocycles. The maximum atomic E-state index is 12.5. The minimum absolute atomic E-state index is 0.0804. The van der Waals surface area contributed by atoms with Crippen molar-refractivity contribution in [3.8, 4) is 5.75 Å². The first-order valence-corrected chi connectivity index (χ1v) is 9.49. The van der Waals surface area contributed by atoms with Crippen LogP contribution in [-0.4, -0.2) is 37.2 Å². The van der Waals surface area contributed by atoms with Gasteiger partial charge in [0.25, 0.3) is 5.91 Å². The second kappa shape index (κ2) is 10.3. The number of anilines is 2. The van der Waals surface area contributed by atoms with Crippen LogP contribution in [0.2, 0.25) is 0 Å². The number of hydrogen-bond acceptors (Lipinski definition) is 5. The van der Waals surface area contributed by atoms with Crippen molar-refractivity contribution in [2.24, 2.45) is 0 Å². The number of alkyl carbamates (subject to hydrolysis) is 1. The second-order valence-electron chi connectivity index (χ2n) is 7.46. The van der Waals surface area contributed by atoms with Crippen molar-refractivity contribution >= 4 is 29.3 Å². The number of para-hydroxylation sites is 1. The Labute approximate surface area is 175 Å². The third kappa shape index (κ3) is 7.46. The maximum absolute atomic E-state index is 12.5. The number of nitrogens with one attached hydrogen (secondary N) is 3. The van der Waals surface area contributed by atoms with Gasteiger partial charge in [0.1, 0.15) is 11.4 Å². The fourth-order valence-corrected chi connectivity index (χ4v) is 2.52. The molecule has 0 atom stereocenters. The van der Waals surface area contributed by atoms with Gasteiger partial charge in [0.2, 0.25) is 5.91 Å². The number of amides is 3. The van der Waals surface area contributed by atoms with Gasteiger partial charge in [-0.2, -0.15) is 0 Å². The lowest BCUT2D eigenvalue weighted by atomic mass is 10.2. The summed E-state index contributed by atoms with van der Waals surface area (Å²) in [6.45, 7) is 5.43. The molecule has 0 aliphatic heterocycles. The lowest BCUT2D eigenvalue weighted by Crippen LogP contribution is -2.34. The molecule has 0 heterocycles. The highest BCUT2D eigenvalue weighted by Crippen LogP contribution is 2.21. The van der Waals surface area contributed by atoms with Crippen LogP contribution in [-0.2, 0) is 9.53 Å². The van der Waals surface area contributed by atoms with E-state index in [0.717, 1.165) is 0 Å². The minimum Gasteiger partial charge on any atom is -0.496 e. The van der Waals surface area contributed by atoms with Gasteiger partial charge >= 0.3 is 6.09 Å². The van der Waals surface area contributed by atoms with E-state index in [1.54, 1.807) is 69.3 Å². The maximum Gasteiger partial charge on any atom is 0.407 e. The van der Waals surface area contributed by atoms with Crippen LogP contribution in [0.1, 0.15) is 37.6 Å². The zero-order chi connectivity index (χ0) is 22.1. The molecule has 0 spiro atoms. The summed E-state index contributed by atoms with van der Waals surface area (Å²) >= 11 is 0. The van der Waals surface area contributed by atoms with E-state index in [9.17, 15) is 14.4 Å². The molecule has 8 nitrogen and oxygen atoms in total. The van der Waals surface area contributed by atoms with Crippen LogP contribution in [0.4, 0.5) is 16.2 Å². The molecule has 0 aliphatic carbocycles. The van der Waals surface area contributed by atoms with E-state index < -0.39 is 11.7 Å². The van der Waals surface area contributed by atoms with E-state index in [2.05, 4.69) is 16.0 Å². The van der Waals surface area contributed by atoms with Crippen LogP contribution in [0.5, 0.6) is 5.75 Å². The first kappa shape index (κ1) is 22.7. The smallest absolute Gasteiger partial charge is 0.407 e. The quantitative estimate of drug-likeness (QED) is 0.640. The van der Waals surface area contributed by atoms with Gasteiger partial charge in [0.05, 0.1) is 12.7 Å². The van der Waals surface area contributed by atoms with E-state index in [4.69, 9.17) is 9.47 Å². The first-order valence-electron chi connectivity index (χ1n) is 9.49. The summed E-state index contributed by atoms with van der Waals surface area (Å²) in [5.74, 6) is -0.131. The average molecular weight is 413 g/mol. The molecule has 0 radical (unpaired) electrons. The number of ether oxygens (including phenoxy) is 2. The van der Waals surface area contributed by atoms with E-state index >= 15 is 0 Å². The number of rotatable bonds is 7. The number of carbonyl (C=O) groups is 3. The summed E-state index contributed by atoms with van der Waals surface area (Å²) in [6, 6.07) is 13.7. The first-order chi connectivity index (χ1) is 14.2. The van der Waals surface area contributed by atoms with E-state index in [1.807, 2.05) is 0 Å². The van der Waals surface area contributed by atoms with E-state index in [1.165, 1.54) is 7.11 Å². The Bertz CT molecular complexity index is 906. The average Bonchev–Trinajstić information content (AvgIpc) is 2.66. The SMILES string of the molecule is COc1ccccc1C(=O)Nc1cccc(NC(=O)CCNC(=O)OC(C)(C)C)c1. The summed E-state index contributed by atoms with van der Waals surface area (Å²) in [6.07, 6.45) is -0.492. The number of hydrogen-bond donors (Lipinski definition) is 3. The van der Waals surface area contributed by atoms with Crippen LogP contribution in [0.25, 0.3) is 0 Å². The lowest BCUT2D eigenvalue weighted by molar-refractivity contribution is -0.116. The molecule has 0 saturated carbocycles. The normalized spacial score (nSPS) is 10.7. The van der Waals surface area contributed by atoms with Gasteiger partial charge in [0, 0.05) is 24.3 Å².